The van der Waals surface area contributed by atoms with Gasteiger partial charge in [-0.3, -0.25) is 0 Å². The van der Waals surface area contributed by atoms with Gasteiger partial charge in [0, 0.05) is 56.9 Å². The third-order valence-corrected chi connectivity index (χ3v) is 10.8. The molecule has 0 saturated carbocycles. The minimum atomic E-state index is 0.797. The van der Waals surface area contributed by atoms with Gasteiger partial charge in [-0.1, -0.05) is 103 Å². The van der Waals surface area contributed by atoms with E-state index in [1.165, 1.54) is 0 Å². The summed E-state index contributed by atoms with van der Waals surface area (Å²) in [5.74, 6) is 1.59. The van der Waals surface area contributed by atoms with Crippen LogP contribution in [0.15, 0.2) is 243 Å². The van der Waals surface area contributed by atoms with E-state index in [1.807, 2.05) is 48.5 Å². The Morgan fingerprint density at radius 3 is 0.790 bits per heavy atom. The Morgan fingerprint density at radius 2 is 0.468 bits per heavy atom. The quantitative estimate of drug-likeness (QED) is 0.109. The summed E-state index contributed by atoms with van der Waals surface area (Å²) >= 11 is 0. The Bertz CT molecular complexity index is 2630. The highest BCUT2D eigenvalue weighted by molar-refractivity contribution is 5.87. The monoisotopic (exact) mass is 806 g/mol. The zero-order valence-corrected chi connectivity index (χ0v) is 34.7. The molecule has 0 aliphatic carbocycles. The number of methoxy groups -OCH3 is 2. The van der Waals surface area contributed by atoms with Gasteiger partial charge in [-0.15, -0.1) is 0 Å². The number of benzene rings is 9. The predicted molar refractivity (Wildman–Crippen MR) is 258 cm³/mol. The van der Waals surface area contributed by atoms with E-state index in [1.54, 1.807) is 14.2 Å². The lowest BCUT2D eigenvalue weighted by Crippen LogP contribution is -2.14. The molecule has 6 heteroatoms. The van der Waals surface area contributed by atoms with Crippen LogP contribution in [0.3, 0.4) is 0 Å². The van der Waals surface area contributed by atoms with Crippen LogP contribution in [0.4, 0.5) is 68.2 Å². The first-order valence-corrected chi connectivity index (χ1v) is 20.7. The van der Waals surface area contributed by atoms with Crippen molar-refractivity contribution in [1.29, 1.82) is 0 Å². The number of nitrogens with zero attached hydrogens (tertiary/aromatic N) is 4. The van der Waals surface area contributed by atoms with Crippen LogP contribution in [0.1, 0.15) is 0 Å². The molecule has 6 nitrogen and oxygen atoms in total. The lowest BCUT2D eigenvalue weighted by atomic mass is 10.1. The molecule has 0 N–H and O–H groups in total. The Balaban J connectivity index is 1.11. The van der Waals surface area contributed by atoms with Crippen molar-refractivity contribution < 1.29 is 9.47 Å². The molecule has 0 radical (unpaired) electrons. The van der Waals surface area contributed by atoms with E-state index in [0.29, 0.717) is 0 Å². The smallest absolute Gasteiger partial charge is 0.142 e. The molecule has 0 saturated heterocycles. The van der Waals surface area contributed by atoms with Gasteiger partial charge in [0.25, 0.3) is 0 Å². The van der Waals surface area contributed by atoms with Crippen molar-refractivity contribution in [2.75, 3.05) is 33.8 Å². The van der Waals surface area contributed by atoms with Gasteiger partial charge in [-0.2, -0.15) is 0 Å². The van der Waals surface area contributed by atoms with Crippen molar-refractivity contribution >= 4 is 68.2 Å². The number of para-hydroxylation sites is 8. The zero-order valence-electron chi connectivity index (χ0n) is 34.7. The molecule has 302 valence electrons. The average Bonchev–Trinajstić information content (AvgIpc) is 3.35. The first-order chi connectivity index (χ1) is 30.7. The number of hydrogen-bond donors (Lipinski definition) is 0. The van der Waals surface area contributed by atoms with Crippen LogP contribution in [-0.2, 0) is 0 Å². The minimum absolute atomic E-state index is 0.797. The van der Waals surface area contributed by atoms with Crippen molar-refractivity contribution in [3.8, 4) is 11.5 Å². The molecule has 62 heavy (non-hydrogen) atoms. The summed E-state index contributed by atoms with van der Waals surface area (Å²) in [6.45, 7) is 0. The fourth-order valence-corrected chi connectivity index (χ4v) is 7.96. The van der Waals surface area contributed by atoms with Gasteiger partial charge >= 0.3 is 0 Å². The van der Waals surface area contributed by atoms with Gasteiger partial charge in [0.05, 0.1) is 25.6 Å². The Kier molecular flexibility index (Phi) is 11.6. The number of rotatable bonds is 14. The minimum Gasteiger partial charge on any atom is -0.495 e. The summed E-state index contributed by atoms with van der Waals surface area (Å²) in [6.07, 6.45) is 0. The molecule has 0 amide bonds. The van der Waals surface area contributed by atoms with Gasteiger partial charge < -0.3 is 29.1 Å². The third-order valence-electron chi connectivity index (χ3n) is 10.8. The molecule has 0 aliphatic heterocycles. The van der Waals surface area contributed by atoms with Crippen molar-refractivity contribution in [3.63, 3.8) is 0 Å². The van der Waals surface area contributed by atoms with Crippen LogP contribution in [0.25, 0.3) is 0 Å². The Morgan fingerprint density at radius 1 is 0.226 bits per heavy atom. The maximum Gasteiger partial charge on any atom is 0.142 e. The predicted octanol–water partition coefficient (Wildman–Crippen LogP) is 15.6. The first-order valence-electron chi connectivity index (χ1n) is 20.7. The van der Waals surface area contributed by atoms with Gasteiger partial charge in [0.15, 0.2) is 0 Å². The number of ether oxygens (including phenoxy) is 2. The van der Waals surface area contributed by atoms with Crippen LogP contribution < -0.4 is 29.1 Å². The fraction of sp³-hybridized carbons (Fsp3) is 0.0357. The molecular weight excluding hydrogens is 761 g/mol. The highest BCUT2D eigenvalue weighted by atomic mass is 16.5. The van der Waals surface area contributed by atoms with E-state index >= 15 is 0 Å². The van der Waals surface area contributed by atoms with E-state index < -0.39 is 0 Å². The van der Waals surface area contributed by atoms with Gasteiger partial charge in [0.1, 0.15) is 11.5 Å². The summed E-state index contributed by atoms with van der Waals surface area (Å²) in [4.78, 5) is 9.07. The topological polar surface area (TPSA) is 31.4 Å². The summed E-state index contributed by atoms with van der Waals surface area (Å²) < 4.78 is 11.7. The van der Waals surface area contributed by atoms with Gasteiger partial charge in [-0.05, 0) is 140 Å². The third kappa shape index (κ3) is 8.18. The van der Waals surface area contributed by atoms with Crippen molar-refractivity contribution in [3.05, 3.63) is 243 Å². The molecular formula is C56H46N4O2. The molecule has 0 spiro atoms. The second-order valence-electron chi connectivity index (χ2n) is 14.6. The first kappa shape index (κ1) is 39.3. The number of hydrogen-bond acceptors (Lipinski definition) is 6. The van der Waals surface area contributed by atoms with E-state index in [4.69, 9.17) is 9.47 Å². The molecule has 0 aliphatic rings. The largest absolute Gasteiger partial charge is 0.495 e. The Labute approximate surface area is 364 Å². The van der Waals surface area contributed by atoms with Crippen LogP contribution in [-0.4, -0.2) is 14.2 Å². The zero-order chi connectivity index (χ0) is 42.1. The van der Waals surface area contributed by atoms with Gasteiger partial charge in [0.2, 0.25) is 0 Å². The van der Waals surface area contributed by atoms with Crippen molar-refractivity contribution in [1.82, 2.24) is 0 Å². The van der Waals surface area contributed by atoms with E-state index in [0.717, 1.165) is 79.7 Å². The standard InChI is InChI=1S/C56H46N4O2/c1-61-55-32-17-15-30-53(55)59(45-24-11-5-12-25-45)49-38-34-47(35-39-49)57(43-20-7-3-8-21-43)51-28-19-29-52(42-51)58(44-22-9-4-10-23-44)48-36-40-50(41-37-48)60(46-26-13-6-14-27-46)54-31-16-18-33-56(54)62-2/h3-42H,1-2H3. The van der Waals surface area contributed by atoms with Crippen molar-refractivity contribution in [2.45, 2.75) is 0 Å². The van der Waals surface area contributed by atoms with E-state index in [2.05, 4.69) is 214 Å². The maximum atomic E-state index is 5.84. The van der Waals surface area contributed by atoms with Crippen LogP contribution >= 0.6 is 0 Å². The molecule has 9 aromatic rings. The molecule has 0 heterocycles. The summed E-state index contributed by atoms with van der Waals surface area (Å²) in [6, 6.07) is 84.3. The molecule has 0 fully saturated rings. The second kappa shape index (κ2) is 18.4. The molecule has 9 rings (SSSR count). The van der Waals surface area contributed by atoms with E-state index in [-0.39, 0.29) is 0 Å². The molecule has 0 atom stereocenters. The van der Waals surface area contributed by atoms with Gasteiger partial charge in [-0.25, -0.2) is 0 Å². The Hall–Kier alpha value is -8.22. The number of anilines is 12. The highest BCUT2D eigenvalue weighted by Crippen LogP contribution is 2.45. The van der Waals surface area contributed by atoms with Crippen LogP contribution in [0.5, 0.6) is 11.5 Å². The fourth-order valence-electron chi connectivity index (χ4n) is 7.96. The summed E-state index contributed by atoms with van der Waals surface area (Å²) in [5.41, 5.74) is 12.2. The molecule has 0 unspecified atom stereocenters. The average molecular weight is 807 g/mol. The second-order valence-corrected chi connectivity index (χ2v) is 14.6. The highest BCUT2D eigenvalue weighted by Gasteiger charge is 2.21. The molecule has 0 aromatic heterocycles. The summed E-state index contributed by atoms with van der Waals surface area (Å²) in [5, 5.41) is 0. The van der Waals surface area contributed by atoms with Crippen LogP contribution in [0, 0.1) is 0 Å². The summed E-state index contributed by atoms with van der Waals surface area (Å²) in [7, 11) is 3.43. The normalized spacial score (nSPS) is 10.7. The SMILES string of the molecule is COc1ccccc1N(c1ccccc1)c1ccc(N(c2ccccc2)c2cccc(N(c3ccccc3)c3ccc(N(c4ccccc4)c4ccccc4OC)cc3)c2)cc1. The lowest BCUT2D eigenvalue weighted by Gasteiger charge is -2.31. The molecule has 0 bridgehead atoms. The van der Waals surface area contributed by atoms with Crippen molar-refractivity contribution in [2.24, 2.45) is 0 Å². The van der Waals surface area contributed by atoms with E-state index in [9.17, 15) is 0 Å². The van der Waals surface area contributed by atoms with Crippen LogP contribution in [0.2, 0.25) is 0 Å². The maximum absolute atomic E-state index is 5.84. The molecule has 9 aromatic carbocycles. The lowest BCUT2D eigenvalue weighted by molar-refractivity contribution is 0.416.